The number of rotatable bonds is 12. The van der Waals surface area contributed by atoms with E-state index < -0.39 is 17.3 Å². The number of amides is 2. The van der Waals surface area contributed by atoms with E-state index in [0.717, 1.165) is 26.2 Å². The number of hydrogen-bond donors (Lipinski definition) is 3. The van der Waals surface area contributed by atoms with Crippen LogP contribution in [0.4, 0.5) is 11.4 Å². The van der Waals surface area contributed by atoms with E-state index in [9.17, 15) is 24.3 Å². The van der Waals surface area contributed by atoms with Crippen LogP contribution >= 0.6 is 0 Å². The third kappa shape index (κ3) is 6.23. The van der Waals surface area contributed by atoms with Gasteiger partial charge in [0.15, 0.2) is 17.3 Å². The number of ketones is 2. The summed E-state index contributed by atoms with van der Waals surface area (Å²) in [5, 5.41) is 16.5. The lowest BCUT2D eigenvalue weighted by Gasteiger charge is -2.24. The van der Waals surface area contributed by atoms with E-state index in [2.05, 4.69) is 20.4 Å². The highest BCUT2D eigenvalue weighted by molar-refractivity contribution is 6.32. The van der Waals surface area contributed by atoms with Crippen LogP contribution in [0.1, 0.15) is 72.4 Å². The molecule has 0 fully saturated rings. The Morgan fingerprint density at radius 1 is 0.730 bits per heavy atom. The number of fused-ring (bicyclic) bond motifs is 2. The zero-order chi connectivity index (χ0) is 27.1. The van der Waals surface area contributed by atoms with Crippen molar-refractivity contribution < 1.29 is 24.3 Å². The number of carbonyl (C=O) groups is 4. The minimum atomic E-state index is -0.541. The van der Waals surface area contributed by atoms with Crippen LogP contribution in [0, 0.1) is 0 Å². The molecule has 0 saturated heterocycles. The van der Waals surface area contributed by atoms with Crippen molar-refractivity contribution >= 4 is 34.8 Å². The van der Waals surface area contributed by atoms with Gasteiger partial charge in [-0.3, -0.25) is 19.2 Å². The molecule has 2 amide bonds. The summed E-state index contributed by atoms with van der Waals surface area (Å²) in [6, 6.07) is 7.72. The van der Waals surface area contributed by atoms with Gasteiger partial charge >= 0.3 is 0 Å². The third-order valence-electron chi connectivity index (χ3n) is 6.82. The van der Waals surface area contributed by atoms with Crippen molar-refractivity contribution in [2.75, 3.05) is 49.9 Å². The van der Waals surface area contributed by atoms with E-state index in [1.54, 1.807) is 18.2 Å². The average molecular weight is 509 g/mol. The van der Waals surface area contributed by atoms with Gasteiger partial charge in [0.1, 0.15) is 0 Å². The number of phenols is 1. The first-order valence-corrected chi connectivity index (χ1v) is 12.9. The maximum atomic E-state index is 13.4. The minimum absolute atomic E-state index is 0.0251. The third-order valence-corrected chi connectivity index (χ3v) is 6.82. The van der Waals surface area contributed by atoms with Crippen LogP contribution in [0.3, 0.4) is 0 Å². The summed E-state index contributed by atoms with van der Waals surface area (Å²) >= 11 is 0. The van der Waals surface area contributed by atoms with Crippen molar-refractivity contribution in [3.63, 3.8) is 0 Å². The largest absolute Gasteiger partial charge is 0.505 e. The van der Waals surface area contributed by atoms with Crippen molar-refractivity contribution in [2.24, 2.45) is 0 Å². The number of anilines is 2. The molecule has 0 spiro atoms. The molecule has 0 saturated carbocycles. The highest BCUT2D eigenvalue weighted by Crippen LogP contribution is 2.42. The van der Waals surface area contributed by atoms with Crippen LogP contribution in [-0.4, -0.2) is 77.6 Å². The lowest BCUT2D eigenvalue weighted by atomic mass is 9.82. The summed E-state index contributed by atoms with van der Waals surface area (Å²) in [6.07, 6.45) is 0.362. The van der Waals surface area contributed by atoms with Gasteiger partial charge in [-0.2, -0.15) is 0 Å². The smallest absolute Gasteiger partial charge is 0.225 e. The van der Waals surface area contributed by atoms with Crippen LogP contribution in [0.5, 0.6) is 5.75 Å². The average Bonchev–Trinajstić information content (AvgIpc) is 2.90. The predicted molar refractivity (Wildman–Crippen MR) is 143 cm³/mol. The van der Waals surface area contributed by atoms with E-state index >= 15 is 0 Å². The molecule has 198 valence electrons. The molecule has 0 aromatic heterocycles. The van der Waals surface area contributed by atoms with Gasteiger partial charge < -0.3 is 25.5 Å². The van der Waals surface area contributed by atoms with Gasteiger partial charge in [0, 0.05) is 37.1 Å². The van der Waals surface area contributed by atoms with Crippen molar-refractivity contribution in [2.45, 2.75) is 40.5 Å². The minimum Gasteiger partial charge on any atom is -0.505 e. The number of phenolic OH excluding ortho intramolecular Hbond substituents is 1. The fourth-order valence-electron chi connectivity index (χ4n) is 4.50. The number of hydrogen-bond acceptors (Lipinski definition) is 7. The molecule has 0 unspecified atom stereocenters. The summed E-state index contributed by atoms with van der Waals surface area (Å²) in [4.78, 5) is 56.5. The van der Waals surface area contributed by atoms with Crippen molar-refractivity contribution in [1.29, 1.82) is 0 Å². The Hall–Kier alpha value is -3.56. The normalized spacial score (nSPS) is 12.5. The standard InChI is InChI=1S/C28H36N4O5/c1-5-31(6-2)15-13-22(33)29-20-17-21(30-23(34)14-16-32(7-3)8-4)28(37)25-24(20)26(35)18-11-9-10-12-19(18)27(25)36/h9-12,17,37H,5-8,13-16H2,1-4H3,(H,29,33)(H,30,34). The molecule has 37 heavy (non-hydrogen) atoms. The molecule has 9 nitrogen and oxygen atoms in total. The SMILES string of the molecule is CCN(CC)CCC(=O)Nc1cc(NC(=O)CCN(CC)CC)c2c(c1O)C(=O)c1ccccc1C2=O. The molecule has 1 aliphatic carbocycles. The molecule has 0 heterocycles. The van der Waals surface area contributed by atoms with Gasteiger partial charge in [-0.15, -0.1) is 0 Å². The highest BCUT2D eigenvalue weighted by Gasteiger charge is 2.36. The van der Waals surface area contributed by atoms with Crippen molar-refractivity contribution in [3.05, 3.63) is 52.6 Å². The summed E-state index contributed by atoms with van der Waals surface area (Å²) in [5.41, 5.74) is 0.142. The van der Waals surface area contributed by atoms with E-state index in [1.807, 2.05) is 27.7 Å². The Bertz CT molecular complexity index is 1190. The van der Waals surface area contributed by atoms with Gasteiger partial charge in [-0.05, 0) is 32.2 Å². The zero-order valence-electron chi connectivity index (χ0n) is 22.0. The van der Waals surface area contributed by atoms with E-state index in [4.69, 9.17) is 0 Å². The molecule has 2 aromatic carbocycles. The molecule has 1 aliphatic rings. The number of benzene rings is 2. The number of aromatic hydroxyl groups is 1. The Labute approximate surface area is 217 Å². The second-order valence-electron chi connectivity index (χ2n) is 8.92. The monoisotopic (exact) mass is 508 g/mol. The predicted octanol–water partition coefficient (Wildman–Crippen LogP) is 3.51. The molecule has 0 aliphatic heterocycles. The van der Waals surface area contributed by atoms with Gasteiger partial charge in [-0.25, -0.2) is 0 Å². The zero-order valence-corrected chi connectivity index (χ0v) is 22.0. The van der Waals surface area contributed by atoms with E-state index in [-0.39, 0.29) is 58.3 Å². The molecule has 0 bridgehead atoms. The highest BCUT2D eigenvalue weighted by atomic mass is 16.3. The van der Waals surface area contributed by atoms with Crippen molar-refractivity contribution in [3.8, 4) is 5.75 Å². The van der Waals surface area contributed by atoms with Crippen LogP contribution in [0.2, 0.25) is 0 Å². The fraction of sp³-hybridized carbons (Fsp3) is 0.429. The topological polar surface area (TPSA) is 119 Å². The van der Waals surface area contributed by atoms with Gasteiger partial charge in [0.25, 0.3) is 0 Å². The summed E-state index contributed by atoms with van der Waals surface area (Å²) in [5.74, 6) is -2.19. The maximum Gasteiger partial charge on any atom is 0.225 e. The van der Waals surface area contributed by atoms with Crippen LogP contribution in [-0.2, 0) is 9.59 Å². The van der Waals surface area contributed by atoms with E-state index in [1.165, 1.54) is 12.1 Å². The molecular weight excluding hydrogens is 472 g/mol. The summed E-state index contributed by atoms with van der Waals surface area (Å²) in [6.45, 7) is 12.3. The molecule has 9 heteroatoms. The first-order valence-electron chi connectivity index (χ1n) is 12.9. The lowest BCUT2D eigenvalue weighted by molar-refractivity contribution is -0.117. The first kappa shape index (κ1) is 28.0. The van der Waals surface area contributed by atoms with Crippen LogP contribution < -0.4 is 10.6 Å². The Morgan fingerprint density at radius 3 is 1.62 bits per heavy atom. The quantitative estimate of drug-likeness (QED) is 0.253. The maximum absolute atomic E-state index is 13.4. The number of carbonyl (C=O) groups excluding carboxylic acids is 4. The second kappa shape index (κ2) is 12.6. The van der Waals surface area contributed by atoms with Crippen molar-refractivity contribution in [1.82, 2.24) is 9.80 Å². The van der Waals surface area contributed by atoms with Crippen LogP contribution in [0.25, 0.3) is 0 Å². The van der Waals surface area contributed by atoms with E-state index in [0.29, 0.717) is 13.1 Å². The fourth-order valence-corrected chi connectivity index (χ4v) is 4.50. The lowest BCUT2D eigenvalue weighted by Crippen LogP contribution is -2.29. The molecule has 3 N–H and O–H groups in total. The van der Waals surface area contributed by atoms with Gasteiger partial charge in [-0.1, -0.05) is 52.0 Å². The Balaban J connectivity index is 1.98. The second-order valence-corrected chi connectivity index (χ2v) is 8.92. The number of nitrogens with one attached hydrogen (secondary N) is 2. The Kier molecular flexibility index (Phi) is 9.54. The van der Waals surface area contributed by atoms with Gasteiger partial charge in [0.05, 0.1) is 22.5 Å². The molecule has 0 radical (unpaired) electrons. The molecule has 3 rings (SSSR count). The Morgan fingerprint density at radius 2 is 1.16 bits per heavy atom. The molecular formula is C28H36N4O5. The molecule has 0 atom stereocenters. The first-order chi connectivity index (χ1) is 17.7. The van der Waals surface area contributed by atoms with Crippen LogP contribution in [0.15, 0.2) is 30.3 Å². The summed E-state index contributed by atoms with van der Waals surface area (Å²) in [7, 11) is 0. The number of nitrogens with zero attached hydrogens (tertiary/aromatic N) is 2. The summed E-state index contributed by atoms with van der Waals surface area (Å²) < 4.78 is 0. The van der Waals surface area contributed by atoms with Gasteiger partial charge in [0.2, 0.25) is 11.8 Å². The molecule has 2 aromatic rings.